The quantitative estimate of drug-likeness (QED) is 0.677. The summed E-state index contributed by atoms with van der Waals surface area (Å²) in [6, 6.07) is 5.20. The Morgan fingerprint density at radius 2 is 1.89 bits per heavy atom. The van der Waals surface area contributed by atoms with Gasteiger partial charge >= 0.3 is 0 Å². The average Bonchev–Trinajstić information content (AvgIpc) is 2.66. The SMILES string of the molecule is CN(c1ccc(F)cc1C(N)=S)C1CCCCCC1. The van der Waals surface area contributed by atoms with Gasteiger partial charge in [-0.15, -0.1) is 0 Å². The van der Waals surface area contributed by atoms with Gasteiger partial charge in [-0.2, -0.15) is 0 Å². The number of halogens is 1. The summed E-state index contributed by atoms with van der Waals surface area (Å²) in [7, 11) is 2.06. The monoisotopic (exact) mass is 280 g/mol. The highest BCUT2D eigenvalue weighted by Gasteiger charge is 2.20. The molecule has 0 saturated heterocycles. The molecular weight excluding hydrogens is 259 g/mol. The predicted molar refractivity (Wildman–Crippen MR) is 82.2 cm³/mol. The molecule has 1 aliphatic carbocycles. The molecule has 2 nitrogen and oxygen atoms in total. The van der Waals surface area contributed by atoms with Gasteiger partial charge < -0.3 is 10.6 Å². The van der Waals surface area contributed by atoms with Crippen LogP contribution in [0.1, 0.15) is 44.1 Å². The van der Waals surface area contributed by atoms with Crippen LogP contribution >= 0.6 is 12.2 Å². The Bertz CT molecular complexity index is 453. The number of nitrogens with zero attached hydrogens (tertiary/aromatic N) is 1. The number of hydrogen-bond donors (Lipinski definition) is 1. The van der Waals surface area contributed by atoms with Gasteiger partial charge in [-0.1, -0.05) is 37.9 Å². The average molecular weight is 280 g/mol. The van der Waals surface area contributed by atoms with E-state index in [1.54, 1.807) is 6.07 Å². The van der Waals surface area contributed by atoms with E-state index in [1.165, 1.54) is 50.7 Å². The fraction of sp³-hybridized carbons (Fsp3) is 0.533. The Labute approximate surface area is 119 Å². The molecule has 0 atom stereocenters. The molecule has 0 radical (unpaired) electrons. The van der Waals surface area contributed by atoms with E-state index in [1.807, 2.05) is 0 Å². The van der Waals surface area contributed by atoms with Crippen molar-refractivity contribution in [3.63, 3.8) is 0 Å². The van der Waals surface area contributed by atoms with Crippen molar-refractivity contribution in [1.82, 2.24) is 0 Å². The third kappa shape index (κ3) is 3.44. The fourth-order valence-corrected chi connectivity index (χ4v) is 3.02. The molecule has 2 N–H and O–H groups in total. The second-order valence-electron chi connectivity index (χ2n) is 5.28. The molecule has 1 aliphatic rings. The molecule has 0 spiro atoms. The standard InChI is InChI=1S/C15H21FN2S/c1-18(12-6-4-2-3-5-7-12)14-9-8-11(16)10-13(14)15(17)19/h8-10,12H,2-7H2,1H3,(H2,17,19). The van der Waals surface area contributed by atoms with Crippen LogP contribution in [0.4, 0.5) is 10.1 Å². The van der Waals surface area contributed by atoms with E-state index < -0.39 is 0 Å². The molecule has 0 aromatic heterocycles. The summed E-state index contributed by atoms with van der Waals surface area (Å²) in [4.78, 5) is 2.48. The van der Waals surface area contributed by atoms with Crippen LogP contribution in [0.5, 0.6) is 0 Å². The zero-order valence-corrected chi connectivity index (χ0v) is 12.2. The first kappa shape index (κ1) is 14.3. The van der Waals surface area contributed by atoms with Crippen molar-refractivity contribution >= 4 is 22.9 Å². The summed E-state index contributed by atoms with van der Waals surface area (Å²) in [6.07, 6.45) is 7.53. The lowest BCUT2D eigenvalue weighted by atomic mass is 10.0. The molecule has 104 valence electrons. The van der Waals surface area contributed by atoms with Gasteiger partial charge in [0.05, 0.1) is 0 Å². The van der Waals surface area contributed by atoms with E-state index in [0.29, 0.717) is 11.6 Å². The van der Waals surface area contributed by atoms with E-state index in [9.17, 15) is 4.39 Å². The summed E-state index contributed by atoms with van der Waals surface area (Å²) in [5.74, 6) is -0.291. The molecule has 1 fully saturated rings. The topological polar surface area (TPSA) is 29.3 Å². The lowest BCUT2D eigenvalue weighted by Crippen LogP contribution is -2.32. The lowest BCUT2D eigenvalue weighted by Gasteiger charge is -2.31. The van der Waals surface area contributed by atoms with Crippen molar-refractivity contribution in [2.24, 2.45) is 5.73 Å². The van der Waals surface area contributed by atoms with Gasteiger partial charge in [0.25, 0.3) is 0 Å². The highest BCUT2D eigenvalue weighted by atomic mass is 32.1. The first-order chi connectivity index (χ1) is 9.09. The summed E-state index contributed by atoms with van der Waals surface area (Å²) in [5.41, 5.74) is 7.31. The normalized spacial score (nSPS) is 16.9. The van der Waals surface area contributed by atoms with Crippen molar-refractivity contribution < 1.29 is 4.39 Å². The highest BCUT2D eigenvalue weighted by molar-refractivity contribution is 7.80. The number of rotatable bonds is 3. The van der Waals surface area contributed by atoms with Gasteiger partial charge in [0.2, 0.25) is 0 Å². The third-order valence-electron chi connectivity index (χ3n) is 3.98. The Kier molecular flexibility index (Phi) is 4.75. The maximum atomic E-state index is 13.3. The Morgan fingerprint density at radius 3 is 2.47 bits per heavy atom. The number of hydrogen-bond acceptors (Lipinski definition) is 2. The minimum absolute atomic E-state index is 0.259. The summed E-state index contributed by atoms with van der Waals surface area (Å²) in [6.45, 7) is 0. The molecule has 0 unspecified atom stereocenters. The fourth-order valence-electron chi connectivity index (χ4n) is 2.85. The van der Waals surface area contributed by atoms with Crippen LogP contribution in [0.15, 0.2) is 18.2 Å². The van der Waals surface area contributed by atoms with E-state index in [4.69, 9.17) is 18.0 Å². The summed E-state index contributed by atoms with van der Waals surface area (Å²) < 4.78 is 13.3. The molecule has 0 heterocycles. The Hall–Kier alpha value is -1.16. The second-order valence-corrected chi connectivity index (χ2v) is 5.72. The van der Waals surface area contributed by atoms with Crippen LogP contribution in [-0.2, 0) is 0 Å². The summed E-state index contributed by atoms with van der Waals surface area (Å²) in [5, 5.41) is 0. The van der Waals surface area contributed by atoms with Gasteiger partial charge in [0, 0.05) is 24.3 Å². The van der Waals surface area contributed by atoms with E-state index in [-0.39, 0.29) is 10.8 Å². The van der Waals surface area contributed by atoms with Gasteiger partial charge in [0.1, 0.15) is 10.8 Å². The first-order valence-corrected chi connectivity index (χ1v) is 7.32. The van der Waals surface area contributed by atoms with Gasteiger partial charge in [-0.3, -0.25) is 0 Å². The number of anilines is 1. The maximum absolute atomic E-state index is 13.3. The Morgan fingerprint density at radius 1 is 1.26 bits per heavy atom. The van der Waals surface area contributed by atoms with Crippen molar-refractivity contribution in [1.29, 1.82) is 0 Å². The lowest BCUT2D eigenvalue weighted by molar-refractivity contribution is 0.552. The van der Waals surface area contributed by atoms with Crippen LogP contribution in [0, 0.1) is 5.82 Å². The van der Waals surface area contributed by atoms with Crippen molar-refractivity contribution in [3.05, 3.63) is 29.6 Å². The number of thiocarbonyl (C=S) groups is 1. The van der Waals surface area contributed by atoms with Crippen LogP contribution in [0.3, 0.4) is 0 Å². The maximum Gasteiger partial charge on any atom is 0.124 e. The largest absolute Gasteiger partial charge is 0.389 e. The molecule has 2 rings (SSSR count). The molecule has 0 bridgehead atoms. The molecule has 0 aliphatic heterocycles. The predicted octanol–water partition coefficient (Wildman–Crippen LogP) is 3.62. The van der Waals surface area contributed by atoms with Crippen molar-refractivity contribution in [3.8, 4) is 0 Å². The molecule has 1 saturated carbocycles. The van der Waals surface area contributed by atoms with E-state index >= 15 is 0 Å². The van der Waals surface area contributed by atoms with Crippen LogP contribution in [0.2, 0.25) is 0 Å². The number of nitrogens with two attached hydrogens (primary N) is 1. The van der Waals surface area contributed by atoms with Crippen LogP contribution in [0.25, 0.3) is 0 Å². The molecule has 0 amide bonds. The third-order valence-corrected chi connectivity index (χ3v) is 4.20. The number of benzene rings is 1. The molecule has 1 aromatic rings. The molecule has 19 heavy (non-hydrogen) atoms. The molecular formula is C15H21FN2S. The zero-order valence-electron chi connectivity index (χ0n) is 11.4. The Balaban J connectivity index is 2.26. The van der Waals surface area contributed by atoms with Crippen molar-refractivity contribution in [2.45, 2.75) is 44.6 Å². The zero-order chi connectivity index (χ0) is 13.8. The van der Waals surface area contributed by atoms with Gasteiger partial charge in [0.15, 0.2) is 0 Å². The molecule has 1 aromatic carbocycles. The molecule has 4 heteroatoms. The highest BCUT2D eigenvalue weighted by Crippen LogP contribution is 2.28. The van der Waals surface area contributed by atoms with E-state index in [0.717, 1.165) is 5.69 Å². The van der Waals surface area contributed by atoms with Crippen LogP contribution in [-0.4, -0.2) is 18.1 Å². The minimum Gasteiger partial charge on any atom is -0.389 e. The summed E-state index contributed by atoms with van der Waals surface area (Å²) >= 11 is 5.04. The van der Waals surface area contributed by atoms with Crippen LogP contribution < -0.4 is 10.6 Å². The minimum atomic E-state index is -0.291. The van der Waals surface area contributed by atoms with E-state index in [2.05, 4.69) is 11.9 Å². The first-order valence-electron chi connectivity index (χ1n) is 6.92. The smallest absolute Gasteiger partial charge is 0.124 e. The van der Waals surface area contributed by atoms with Gasteiger partial charge in [-0.05, 0) is 31.0 Å². The van der Waals surface area contributed by atoms with Crippen molar-refractivity contribution in [2.75, 3.05) is 11.9 Å². The second kappa shape index (κ2) is 6.33. The van der Waals surface area contributed by atoms with Gasteiger partial charge in [-0.25, -0.2) is 4.39 Å².